The number of ketones is 1. The molecule has 0 saturated carbocycles. The molecule has 0 bridgehead atoms. The summed E-state index contributed by atoms with van der Waals surface area (Å²) in [7, 11) is 0. The van der Waals surface area contributed by atoms with Crippen LogP contribution in [0.2, 0.25) is 0 Å². The molecule has 1 heterocycles. The molecule has 1 saturated heterocycles. The van der Waals surface area contributed by atoms with E-state index in [4.69, 9.17) is 0 Å². The maximum absolute atomic E-state index is 11.8. The fourth-order valence-corrected chi connectivity index (χ4v) is 2.18. The molecule has 100 valence electrons. The van der Waals surface area contributed by atoms with Crippen LogP contribution in [0.15, 0.2) is 0 Å². The van der Waals surface area contributed by atoms with Crippen molar-refractivity contribution in [1.82, 2.24) is 4.90 Å². The zero-order chi connectivity index (χ0) is 13.1. The van der Waals surface area contributed by atoms with Crippen LogP contribution < -0.4 is 0 Å². The van der Waals surface area contributed by atoms with Gasteiger partial charge in [0, 0.05) is 24.9 Å². The Balaban J connectivity index is 2.36. The minimum atomic E-state index is -0.511. The molecule has 1 unspecified atom stereocenters. The van der Waals surface area contributed by atoms with Crippen LogP contribution >= 0.6 is 0 Å². The quantitative estimate of drug-likeness (QED) is 0.823. The second-order valence-corrected chi connectivity index (χ2v) is 6.62. The summed E-state index contributed by atoms with van der Waals surface area (Å²) in [6, 6.07) is 0. The number of likely N-dealkylation sites (tertiary alicyclic amines) is 1. The predicted molar refractivity (Wildman–Crippen MR) is 70.0 cm³/mol. The van der Waals surface area contributed by atoms with Crippen molar-refractivity contribution in [2.45, 2.75) is 59.0 Å². The summed E-state index contributed by atoms with van der Waals surface area (Å²) in [5.41, 5.74) is -0.736. The van der Waals surface area contributed by atoms with E-state index in [1.165, 1.54) is 0 Å². The molecule has 0 aromatic rings. The van der Waals surface area contributed by atoms with Crippen LogP contribution in [0, 0.1) is 5.41 Å². The first kappa shape index (κ1) is 14.7. The molecule has 0 aromatic carbocycles. The molecule has 1 aliphatic rings. The van der Waals surface area contributed by atoms with Crippen LogP contribution in [-0.2, 0) is 4.79 Å². The van der Waals surface area contributed by atoms with Gasteiger partial charge >= 0.3 is 0 Å². The maximum Gasteiger partial charge on any atom is 0.139 e. The Morgan fingerprint density at radius 1 is 1.29 bits per heavy atom. The van der Waals surface area contributed by atoms with Crippen molar-refractivity contribution >= 4 is 5.78 Å². The molecule has 0 spiro atoms. The largest absolute Gasteiger partial charge is 0.390 e. The molecule has 3 heteroatoms. The average molecular weight is 241 g/mol. The van der Waals surface area contributed by atoms with Gasteiger partial charge in [0.1, 0.15) is 5.78 Å². The van der Waals surface area contributed by atoms with E-state index in [0.29, 0.717) is 12.2 Å². The number of aliphatic hydroxyl groups is 1. The molecule has 0 aliphatic carbocycles. The third kappa shape index (κ3) is 5.17. The fraction of sp³-hybridized carbons (Fsp3) is 0.929. The molecule has 1 aliphatic heterocycles. The molecule has 0 amide bonds. The molecule has 1 atom stereocenters. The molecule has 3 nitrogen and oxygen atoms in total. The highest BCUT2D eigenvalue weighted by Gasteiger charge is 2.26. The summed E-state index contributed by atoms with van der Waals surface area (Å²) < 4.78 is 0. The smallest absolute Gasteiger partial charge is 0.139 e. The summed E-state index contributed by atoms with van der Waals surface area (Å²) >= 11 is 0. The van der Waals surface area contributed by atoms with Crippen molar-refractivity contribution in [1.29, 1.82) is 0 Å². The first-order valence-electron chi connectivity index (χ1n) is 6.69. The van der Waals surface area contributed by atoms with Gasteiger partial charge in [-0.25, -0.2) is 0 Å². The van der Waals surface area contributed by atoms with Crippen molar-refractivity contribution in [3.05, 3.63) is 0 Å². The Morgan fingerprint density at radius 2 is 1.94 bits per heavy atom. The highest BCUT2D eigenvalue weighted by atomic mass is 16.3. The molecular weight excluding hydrogens is 214 g/mol. The lowest BCUT2D eigenvalue weighted by Gasteiger charge is -2.23. The Hall–Kier alpha value is -0.410. The highest BCUT2D eigenvalue weighted by molar-refractivity contribution is 5.83. The van der Waals surface area contributed by atoms with Crippen LogP contribution in [0.1, 0.15) is 53.4 Å². The van der Waals surface area contributed by atoms with E-state index in [-0.39, 0.29) is 5.41 Å². The number of carbonyl (C=O) groups is 1. The maximum atomic E-state index is 11.8. The van der Waals surface area contributed by atoms with Gasteiger partial charge in [-0.2, -0.15) is 0 Å². The number of Topliss-reactive ketones (excluding diaryl/α,β-unsaturated/α-hetero) is 1. The third-order valence-corrected chi connectivity index (χ3v) is 3.65. The average Bonchev–Trinajstić information content (AvgIpc) is 2.34. The minimum Gasteiger partial charge on any atom is -0.390 e. The van der Waals surface area contributed by atoms with Gasteiger partial charge in [0.05, 0.1) is 5.60 Å². The van der Waals surface area contributed by atoms with E-state index in [9.17, 15) is 9.90 Å². The van der Waals surface area contributed by atoms with E-state index in [2.05, 4.69) is 4.90 Å². The minimum absolute atomic E-state index is 0.225. The van der Waals surface area contributed by atoms with E-state index in [0.717, 1.165) is 38.9 Å². The standard InChI is InChI=1S/C14H27NO2/c1-13(2,3)12(16)6-10-15-9-5-7-14(4,17)8-11-15/h17H,5-11H2,1-4H3. The van der Waals surface area contributed by atoms with Crippen LogP contribution in [-0.4, -0.2) is 41.0 Å². The second kappa shape index (κ2) is 5.49. The van der Waals surface area contributed by atoms with E-state index in [1.807, 2.05) is 27.7 Å². The Morgan fingerprint density at radius 3 is 2.53 bits per heavy atom. The van der Waals surface area contributed by atoms with Crippen molar-refractivity contribution in [3.63, 3.8) is 0 Å². The fourth-order valence-electron chi connectivity index (χ4n) is 2.18. The van der Waals surface area contributed by atoms with Crippen molar-refractivity contribution < 1.29 is 9.90 Å². The number of hydrogen-bond acceptors (Lipinski definition) is 3. The normalized spacial score (nSPS) is 27.8. The summed E-state index contributed by atoms with van der Waals surface area (Å²) in [6.45, 7) is 10.6. The van der Waals surface area contributed by atoms with Gasteiger partial charge in [0.25, 0.3) is 0 Å². The van der Waals surface area contributed by atoms with Gasteiger partial charge < -0.3 is 10.0 Å². The van der Waals surface area contributed by atoms with Crippen LogP contribution in [0.25, 0.3) is 0 Å². The zero-order valence-electron chi connectivity index (χ0n) is 11.8. The van der Waals surface area contributed by atoms with Crippen molar-refractivity contribution in [2.24, 2.45) is 5.41 Å². The second-order valence-electron chi connectivity index (χ2n) is 6.62. The Kier molecular flexibility index (Phi) is 4.73. The topological polar surface area (TPSA) is 40.5 Å². The molecule has 1 fully saturated rings. The number of carbonyl (C=O) groups excluding carboxylic acids is 1. The van der Waals surface area contributed by atoms with Gasteiger partial charge in [0.15, 0.2) is 0 Å². The van der Waals surface area contributed by atoms with Crippen LogP contribution in [0.4, 0.5) is 0 Å². The summed E-state index contributed by atoms with van der Waals surface area (Å²) in [4.78, 5) is 14.2. The zero-order valence-corrected chi connectivity index (χ0v) is 11.8. The summed E-state index contributed by atoms with van der Waals surface area (Å²) in [5.74, 6) is 0.327. The van der Waals surface area contributed by atoms with E-state index in [1.54, 1.807) is 0 Å². The molecule has 17 heavy (non-hydrogen) atoms. The predicted octanol–water partition coefficient (Wildman–Crippen LogP) is 2.23. The van der Waals surface area contributed by atoms with Gasteiger partial charge in [-0.15, -0.1) is 0 Å². The number of hydrogen-bond donors (Lipinski definition) is 1. The van der Waals surface area contributed by atoms with E-state index < -0.39 is 5.60 Å². The van der Waals surface area contributed by atoms with Crippen LogP contribution in [0.5, 0.6) is 0 Å². The Labute approximate surface area is 105 Å². The lowest BCUT2D eigenvalue weighted by atomic mass is 9.89. The van der Waals surface area contributed by atoms with Gasteiger partial charge in [0.2, 0.25) is 0 Å². The Bertz CT molecular complexity index is 266. The molecular formula is C14H27NO2. The van der Waals surface area contributed by atoms with Crippen molar-refractivity contribution in [2.75, 3.05) is 19.6 Å². The third-order valence-electron chi connectivity index (χ3n) is 3.65. The first-order valence-corrected chi connectivity index (χ1v) is 6.69. The molecule has 1 N–H and O–H groups in total. The van der Waals surface area contributed by atoms with Gasteiger partial charge in [-0.1, -0.05) is 20.8 Å². The monoisotopic (exact) mass is 241 g/mol. The lowest BCUT2D eigenvalue weighted by molar-refractivity contribution is -0.126. The van der Waals surface area contributed by atoms with Gasteiger partial charge in [-0.3, -0.25) is 4.79 Å². The summed E-state index contributed by atoms with van der Waals surface area (Å²) in [5, 5.41) is 9.99. The van der Waals surface area contributed by atoms with Crippen molar-refractivity contribution in [3.8, 4) is 0 Å². The number of nitrogens with zero attached hydrogens (tertiary/aromatic N) is 1. The molecule has 0 aromatic heterocycles. The first-order chi connectivity index (χ1) is 7.71. The molecule has 1 rings (SSSR count). The van der Waals surface area contributed by atoms with E-state index >= 15 is 0 Å². The lowest BCUT2D eigenvalue weighted by Crippen LogP contribution is -2.32. The summed E-state index contributed by atoms with van der Waals surface area (Å²) in [6.07, 6.45) is 3.34. The molecule has 0 radical (unpaired) electrons. The number of rotatable bonds is 3. The highest BCUT2D eigenvalue weighted by Crippen LogP contribution is 2.22. The SMILES string of the molecule is CC1(O)CCCN(CCC(=O)C(C)(C)C)CC1. The van der Waals surface area contributed by atoms with Gasteiger partial charge in [-0.05, 0) is 32.7 Å². The van der Waals surface area contributed by atoms with Crippen LogP contribution in [0.3, 0.4) is 0 Å².